The van der Waals surface area contributed by atoms with Crippen LogP contribution in [0.3, 0.4) is 0 Å². The number of nitrogens with zero attached hydrogens (tertiary/aromatic N) is 1. The fraction of sp³-hybridized carbons (Fsp3) is 0.412. The fourth-order valence-corrected chi connectivity index (χ4v) is 2.71. The summed E-state index contributed by atoms with van der Waals surface area (Å²) < 4.78 is 36.5. The largest absolute Gasteiger partial charge is 0.482 e. The molecule has 1 aromatic heterocycles. The molecule has 0 bridgehead atoms. The molecule has 6 nitrogen and oxygen atoms in total. The minimum atomic E-state index is -0.822. The third-order valence-corrected chi connectivity index (χ3v) is 4.09. The van der Waals surface area contributed by atoms with Gasteiger partial charge in [-0.15, -0.1) is 0 Å². The van der Waals surface area contributed by atoms with Crippen LogP contribution in [0.2, 0.25) is 0 Å². The van der Waals surface area contributed by atoms with E-state index in [9.17, 15) is 18.7 Å². The number of aromatic nitrogens is 1. The molecule has 1 aromatic carbocycles. The lowest BCUT2D eigenvalue weighted by Gasteiger charge is -2.25. The van der Waals surface area contributed by atoms with E-state index in [1.165, 1.54) is 12.1 Å². The Morgan fingerprint density at radius 2 is 2.04 bits per heavy atom. The predicted molar refractivity (Wildman–Crippen MR) is 82.9 cm³/mol. The average molecular weight is 352 g/mol. The standard InChI is InChI=1S/C17H18F2N2O4/c18-10-1-6-16(14(19)7-10)24-9-13-8-15(21-25-13)17(23)20-11-2-4-12(22)5-3-11/h1,6-8,11-12,22H,2-5,9H2,(H,20,23). The lowest BCUT2D eigenvalue weighted by atomic mass is 9.93. The van der Waals surface area contributed by atoms with E-state index in [1.54, 1.807) is 0 Å². The van der Waals surface area contributed by atoms with Crippen molar-refractivity contribution in [3.05, 3.63) is 47.4 Å². The Morgan fingerprint density at radius 1 is 1.28 bits per heavy atom. The maximum atomic E-state index is 13.5. The van der Waals surface area contributed by atoms with Crippen molar-refractivity contribution in [2.45, 2.75) is 44.4 Å². The van der Waals surface area contributed by atoms with Crippen LogP contribution in [0.1, 0.15) is 41.9 Å². The highest BCUT2D eigenvalue weighted by molar-refractivity contribution is 5.92. The second-order valence-corrected chi connectivity index (χ2v) is 6.02. The molecule has 0 radical (unpaired) electrons. The van der Waals surface area contributed by atoms with Crippen LogP contribution in [0.4, 0.5) is 8.78 Å². The van der Waals surface area contributed by atoms with Crippen LogP contribution in [0.15, 0.2) is 28.8 Å². The van der Waals surface area contributed by atoms with E-state index in [4.69, 9.17) is 9.26 Å². The van der Waals surface area contributed by atoms with Gasteiger partial charge in [-0.3, -0.25) is 4.79 Å². The zero-order valence-corrected chi connectivity index (χ0v) is 13.4. The molecule has 134 valence electrons. The SMILES string of the molecule is O=C(NC1CCC(O)CC1)c1cc(COc2ccc(F)cc2F)on1. The molecule has 0 spiro atoms. The minimum absolute atomic E-state index is 0.000566. The number of hydrogen-bond donors (Lipinski definition) is 2. The zero-order valence-electron chi connectivity index (χ0n) is 13.4. The monoisotopic (exact) mass is 352 g/mol. The van der Waals surface area contributed by atoms with Gasteiger partial charge in [0.05, 0.1) is 6.10 Å². The molecule has 0 aliphatic heterocycles. The van der Waals surface area contributed by atoms with Gasteiger partial charge in [-0.1, -0.05) is 5.16 Å². The summed E-state index contributed by atoms with van der Waals surface area (Å²) in [7, 11) is 0. The summed E-state index contributed by atoms with van der Waals surface area (Å²) in [6, 6.07) is 4.38. The maximum absolute atomic E-state index is 13.5. The molecule has 0 saturated heterocycles. The Hall–Kier alpha value is -2.48. The van der Waals surface area contributed by atoms with Crippen molar-refractivity contribution in [3.63, 3.8) is 0 Å². The van der Waals surface area contributed by atoms with Gasteiger partial charge in [0, 0.05) is 18.2 Å². The number of hydrogen-bond acceptors (Lipinski definition) is 5. The highest BCUT2D eigenvalue weighted by Crippen LogP contribution is 2.20. The third-order valence-electron chi connectivity index (χ3n) is 4.09. The molecule has 3 rings (SSSR count). The van der Waals surface area contributed by atoms with Gasteiger partial charge in [0.2, 0.25) is 0 Å². The van der Waals surface area contributed by atoms with Crippen molar-refractivity contribution in [1.29, 1.82) is 0 Å². The predicted octanol–water partition coefficient (Wildman–Crippen LogP) is 2.57. The quantitative estimate of drug-likeness (QED) is 0.864. The highest BCUT2D eigenvalue weighted by Gasteiger charge is 2.22. The molecule has 0 atom stereocenters. The van der Waals surface area contributed by atoms with Gasteiger partial charge in [-0.2, -0.15) is 0 Å². The molecular weight excluding hydrogens is 334 g/mol. The lowest BCUT2D eigenvalue weighted by molar-refractivity contribution is 0.0859. The van der Waals surface area contributed by atoms with Gasteiger partial charge in [-0.25, -0.2) is 8.78 Å². The van der Waals surface area contributed by atoms with E-state index in [1.807, 2.05) is 0 Å². The van der Waals surface area contributed by atoms with Crippen LogP contribution in [0.5, 0.6) is 5.75 Å². The summed E-state index contributed by atoms with van der Waals surface area (Å²) in [5, 5.41) is 16.0. The molecule has 25 heavy (non-hydrogen) atoms. The second-order valence-electron chi connectivity index (χ2n) is 6.02. The number of carbonyl (C=O) groups is 1. The summed E-state index contributed by atoms with van der Waals surface area (Å²) in [6.07, 6.45) is 2.45. The van der Waals surface area contributed by atoms with Crippen LogP contribution < -0.4 is 10.1 Å². The first-order chi connectivity index (χ1) is 12.0. The molecule has 1 heterocycles. The molecule has 1 aliphatic rings. The van der Waals surface area contributed by atoms with Crippen molar-refractivity contribution in [2.75, 3.05) is 0 Å². The number of aliphatic hydroxyl groups excluding tert-OH is 1. The first-order valence-electron chi connectivity index (χ1n) is 8.03. The number of rotatable bonds is 5. The van der Waals surface area contributed by atoms with E-state index in [0.717, 1.165) is 12.1 Å². The van der Waals surface area contributed by atoms with Crippen molar-refractivity contribution >= 4 is 5.91 Å². The van der Waals surface area contributed by atoms with E-state index in [0.29, 0.717) is 25.7 Å². The first-order valence-corrected chi connectivity index (χ1v) is 8.03. The number of carbonyl (C=O) groups excluding carboxylic acids is 1. The maximum Gasteiger partial charge on any atom is 0.273 e. The number of amides is 1. The van der Waals surface area contributed by atoms with Crippen LogP contribution in [0.25, 0.3) is 0 Å². The van der Waals surface area contributed by atoms with Gasteiger partial charge in [0.25, 0.3) is 5.91 Å². The molecule has 1 amide bonds. The number of ether oxygens (including phenoxy) is 1. The summed E-state index contributed by atoms with van der Waals surface area (Å²) in [4.78, 5) is 12.1. The summed E-state index contributed by atoms with van der Waals surface area (Å²) >= 11 is 0. The Balaban J connectivity index is 1.54. The molecule has 0 unspecified atom stereocenters. The number of halogens is 2. The number of aliphatic hydroxyl groups is 1. The van der Waals surface area contributed by atoms with Crippen LogP contribution in [0, 0.1) is 11.6 Å². The average Bonchev–Trinajstić information content (AvgIpc) is 3.05. The van der Waals surface area contributed by atoms with Gasteiger partial charge in [-0.05, 0) is 37.8 Å². The van der Waals surface area contributed by atoms with E-state index in [-0.39, 0.29) is 41.9 Å². The summed E-state index contributed by atoms with van der Waals surface area (Å²) in [5.74, 6) is -1.77. The molecule has 1 saturated carbocycles. The van der Waals surface area contributed by atoms with Gasteiger partial charge < -0.3 is 19.7 Å². The summed E-state index contributed by atoms with van der Waals surface area (Å²) in [5.41, 5.74) is 0.101. The Kier molecular flexibility index (Phi) is 5.28. The van der Waals surface area contributed by atoms with Crippen molar-refractivity contribution in [3.8, 4) is 5.75 Å². The smallest absolute Gasteiger partial charge is 0.273 e. The Labute approximate surface area is 142 Å². The number of benzene rings is 1. The van der Waals surface area contributed by atoms with E-state index < -0.39 is 11.6 Å². The molecular formula is C17H18F2N2O4. The molecule has 2 N–H and O–H groups in total. The molecule has 2 aromatic rings. The summed E-state index contributed by atoms with van der Waals surface area (Å²) in [6.45, 7) is -0.140. The lowest BCUT2D eigenvalue weighted by Crippen LogP contribution is -2.38. The normalized spacial score (nSPS) is 20.3. The van der Waals surface area contributed by atoms with Gasteiger partial charge in [0.1, 0.15) is 12.4 Å². The molecule has 1 aliphatic carbocycles. The van der Waals surface area contributed by atoms with E-state index in [2.05, 4.69) is 10.5 Å². The number of nitrogens with one attached hydrogen (secondary N) is 1. The zero-order chi connectivity index (χ0) is 17.8. The molecule has 1 fully saturated rings. The van der Waals surface area contributed by atoms with Gasteiger partial charge in [0.15, 0.2) is 23.0 Å². The third kappa shape index (κ3) is 4.54. The van der Waals surface area contributed by atoms with Crippen LogP contribution >= 0.6 is 0 Å². The van der Waals surface area contributed by atoms with Crippen molar-refractivity contribution in [2.24, 2.45) is 0 Å². The minimum Gasteiger partial charge on any atom is -0.482 e. The highest BCUT2D eigenvalue weighted by atomic mass is 19.1. The van der Waals surface area contributed by atoms with Crippen LogP contribution in [-0.2, 0) is 6.61 Å². The second kappa shape index (κ2) is 7.60. The van der Waals surface area contributed by atoms with Crippen molar-refractivity contribution in [1.82, 2.24) is 10.5 Å². The Morgan fingerprint density at radius 3 is 2.76 bits per heavy atom. The Bertz CT molecular complexity index is 742. The van der Waals surface area contributed by atoms with Crippen LogP contribution in [-0.4, -0.2) is 28.3 Å². The fourth-order valence-electron chi connectivity index (χ4n) is 2.71. The molecule has 8 heteroatoms. The van der Waals surface area contributed by atoms with Crippen molar-refractivity contribution < 1.29 is 27.9 Å². The topological polar surface area (TPSA) is 84.6 Å². The van der Waals surface area contributed by atoms with Gasteiger partial charge >= 0.3 is 0 Å². The first kappa shape index (κ1) is 17.3. The van der Waals surface area contributed by atoms with E-state index >= 15 is 0 Å².